The maximum absolute atomic E-state index is 12.5. The number of carbonyl (C=O) groups is 3. The fraction of sp³-hybridized carbons (Fsp3) is 0.471. The molecule has 0 radical (unpaired) electrons. The Bertz CT molecular complexity index is 551. The van der Waals surface area contributed by atoms with Crippen LogP contribution >= 0.6 is 0 Å². The van der Waals surface area contributed by atoms with Crippen molar-refractivity contribution < 1.29 is 23.9 Å². The number of rotatable bonds is 6. The van der Waals surface area contributed by atoms with Crippen LogP contribution in [0.1, 0.15) is 29.8 Å². The highest BCUT2D eigenvalue weighted by Crippen LogP contribution is 2.49. The Morgan fingerprint density at radius 3 is 1.73 bits per heavy atom. The zero-order chi connectivity index (χ0) is 16.3. The van der Waals surface area contributed by atoms with Crippen molar-refractivity contribution in [3.05, 3.63) is 35.4 Å². The number of hydrogen-bond donors (Lipinski definition) is 0. The van der Waals surface area contributed by atoms with E-state index in [-0.39, 0.29) is 19.0 Å². The normalized spacial score (nSPS) is 22.8. The molecule has 118 valence electrons. The van der Waals surface area contributed by atoms with E-state index in [1.807, 2.05) is 19.1 Å². The van der Waals surface area contributed by atoms with Gasteiger partial charge in [0, 0.05) is 5.56 Å². The maximum atomic E-state index is 12.5. The molecule has 2 rings (SSSR count). The maximum Gasteiger partial charge on any atom is 0.310 e. The highest BCUT2D eigenvalue weighted by atomic mass is 16.5. The third kappa shape index (κ3) is 3.18. The van der Waals surface area contributed by atoms with Gasteiger partial charge in [-0.3, -0.25) is 14.4 Å². The lowest BCUT2D eigenvalue weighted by Gasteiger charge is -2.01. The molecule has 1 aliphatic rings. The lowest BCUT2D eigenvalue weighted by molar-refractivity contribution is -0.150. The highest BCUT2D eigenvalue weighted by molar-refractivity contribution is 6.07. The molecule has 0 aliphatic heterocycles. The summed E-state index contributed by atoms with van der Waals surface area (Å²) < 4.78 is 9.92. The zero-order valence-electron chi connectivity index (χ0n) is 13.0. The Morgan fingerprint density at radius 1 is 0.864 bits per heavy atom. The molecule has 0 bridgehead atoms. The van der Waals surface area contributed by atoms with Crippen molar-refractivity contribution in [2.45, 2.75) is 20.8 Å². The molecule has 1 fully saturated rings. The second-order valence-electron chi connectivity index (χ2n) is 5.31. The van der Waals surface area contributed by atoms with Crippen molar-refractivity contribution in [2.75, 3.05) is 13.2 Å². The van der Waals surface area contributed by atoms with Gasteiger partial charge in [0.2, 0.25) is 0 Å². The average molecular weight is 304 g/mol. The summed E-state index contributed by atoms with van der Waals surface area (Å²) in [5.74, 6) is -3.37. The predicted molar refractivity (Wildman–Crippen MR) is 79.2 cm³/mol. The van der Waals surface area contributed by atoms with E-state index in [2.05, 4.69) is 0 Å². The molecule has 1 saturated carbocycles. The Morgan fingerprint density at radius 2 is 1.32 bits per heavy atom. The van der Waals surface area contributed by atoms with Crippen LogP contribution in [0.25, 0.3) is 0 Å². The van der Waals surface area contributed by atoms with Crippen molar-refractivity contribution in [1.82, 2.24) is 0 Å². The van der Waals surface area contributed by atoms with Crippen LogP contribution in [0.2, 0.25) is 0 Å². The molecule has 0 aromatic heterocycles. The molecule has 0 saturated heterocycles. The first-order chi connectivity index (χ1) is 10.5. The van der Waals surface area contributed by atoms with Gasteiger partial charge in [-0.25, -0.2) is 0 Å². The third-order valence-electron chi connectivity index (χ3n) is 3.78. The monoisotopic (exact) mass is 304 g/mol. The molecule has 1 aromatic carbocycles. The van der Waals surface area contributed by atoms with Crippen molar-refractivity contribution in [3.8, 4) is 0 Å². The number of esters is 2. The van der Waals surface area contributed by atoms with Gasteiger partial charge in [-0.1, -0.05) is 29.8 Å². The van der Waals surface area contributed by atoms with Gasteiger partial charge in [-0.15, -0.1) is 0 Å². The van der Waals surface area contributed by atoms with Crippen LogP contribution in [-0.2, 0) is 19.1 Å². The van der Waals surface area contributed by atoms with Gasteiger partial charge in [0.25, 0.3) is 0 Å². The van der Waals surface area contributed by atoms with Crippen molar-refractivity contribution in [1.29, 1.82) is 0 Å². The fourth-order valence-electron chi connectivity index (χ4n) is 2.61. The highest BCUT2D eigenvalue weighted by Gasteiger charge is 2.64. The summed E-state index contributed by atoms with van der Waals surface area (Å²) in [5.41, 5.74) is 1.54. The second-order valence-corrected chi connectivity index (χ2v) is 5.31. The number of ketones is 1. The summed E-state index contributed by atoms with van der Waals surface area (Å²) in [5, 5.41) is 0. The average Bonchev–Trinajstić information content (AvgIpc) is 3.23. The van der Waals surface area contributed by atoms with Crippen molar-refractivity contribution >= 4 is 17.7 Å². The predicted octanol–water partition coefficient (Wildman–Crippen LogP) is 2.17. The van der Waals surface area contributed by atoms with E-state index in [4.69, 9.17) is 9.47 Å². The van der Waals surface area contributed by atoms with Crippen LogP contribution in [0, 0.1) is 24.7 Å². The summed E-state index contributed by atoms with van der Waals surface area (Å²) in [6, 6.07) is 7.07. The molecule has 5 heteroatoms. The van der Waals surface area contributed by atoms with Crippen molar-refractivity contribution in [2.24, 2.45) is 17.8 Å². The summed E-state index contributed by atoms with van der Waals surface area (Å²) in [6.07, 6.45) is 0. The lowest BCUT2D eigenvalue weighted by Crippen LogP contribution is -2.13. The smallest absolute Gasteiger partial charge is 0.310 e. The lowest BCUT2D eigenvalue weighted by atomic mass is 10.0. The Labute approximate surface area is 129 Å². The topological polar surface area (TPSA) is 69.7 Å². The van der Waals surface area contributed by atoms with Gasteiger partial charge < -0.3 is 9.47 Å². The van der Waals surface area contributed by atoms with E-state index in [1.54, 1.807) is 26.0 Å². The van der Waals surface area contributed by atoms with E-state index >= 15 is 0 Å². The fourth-order valence-corrected chi connectivity index (χ4v) is 2.61. The first-order valence-corrected chi connectivity index (χ1v) is 7.45. The molecule has 5 nitrogen and oxygen atoms in total. The Balaban J connectivity index is 2.18. The number of hydrogen-bond acceptors (Lipinski definition) is 5. The van der Waals surface area contributed by atoms with Gasteiger partial charge in [-0.05, 0) is 20.8 Å². The number of Topliss-reactive ketones (excluding diaryl/α,β-unsaturated/α-hetero) is 1. The molecule has 1 unspecified atom stereocenters. The van der Waals surface area contributed by atoms with Gasteiger partial charge in [0.15, 0.2) is 5.78 Å². The van der Waals surface area contributed by atoms with Gasteiger partial charge in [0.1, 0.15) is 0 Å². The minimum Gasteiger partial charge on any atom is -0.466 e. The third-order valence-corrected chi connectivity index (χ3v) is 3.78. The molecule has 0 spiro atoms. The molecule has 1 aliphatic carbocycles. The molecule has 1 aromatic rings. The molecule has 22 heavy (non-hydrogen) atoms. The summed E-state index contributed by atoms with van der Waals surface area (Å²) >= 11 is 0. The molecule has 3 atom stereocenters. The summed E-state index contributed by atoms with van der Waals surface area (Å²) in [6.45, 7) is 5.74. The number of aryl methyl sites for hydroxylation is 1. The van der Waals surface area contributed by atoms with Crippen LogP contribution in [0.3, 0.4) is 0 Å². The van der Waals surface area contributed by atoms with Gasteiger partial charge >= 0.3 is 11.9 Å². The Kier molecular flexibility index (Phi) is 4.96. The molecule has 0 amide bonds. The summed E-state index contributed by atoms with van der Waals surface area (Å²) in [4.78, 5) is 36.4. The van der Waals surface area contributed by atoms with E-state index < -0.39 is 29.7 Å². The first-order valence-electron chi connectivity index (χ1n) is 7.45. The molecule has 0 heterocycles. The Hall–Kier alpha value is -2.17. The minimum absolute atomic E-state index is 0.212. The zero-order valence-corrected chi connectivity index (χ0v) is 13.0. The SMILES string of the molecule is CCOC(=O)[C@@H]1C(C(=O)c2ccc(C)cc2)[C@@H]1C(=O)OCC. The number of benzene rings is 1. The summed E-state index contributed by atoms with van der Waals surface area (Å²) in [7, 11) is 0. The number of carbonyl (C=O) groups excluding carboxylic acids is 3. The standard InChI is InChI=1S/C17H20O5/c1-4-21-16(19)13-12(14(13)17(20)22-5-2)15(18)11-8-6-10(3)7-9-11/h6-9,12-14H,4-5H2,1-3H3/t12?,13-,14+. The van der Waals surface area contributed by atoms with E-state index in [0.717, 1.165) is 5.56 Å². The number of ether oxygens (including phenoxy) is 2. The second kappa shape index (κ2) is 6.73. The van der Waals surface area contributed by atoms with E-state index in [0.29, 0.717) is 5.56 Å². The van der Waals surface area contributed by atoms with E-state index in [9.17, 15) is 14.4 Å². The van der Waals surface area contributed by atoms with Gasteiger partial charge in [-0.2, -0.15) is 0 Å². The van der Waals surface area contributed by atoms with Crippen LogP contribution in [-0.4, -0.2) is 30.9 Å². The van der Waals surface area contributed by atoms with Crippen molar-refractivity contribution in [3.63, 3.8) is 0 Å². The quantitative estimate of drug-likeness (QED) is 0.595. The largest absolute Gasteiger partial charge is 0.466 e. The van der Waals surface area contributed by atoms with Crippen LogP contribution < -0.4 is 0 Å². The van der Waals surface area contributed by atoms with Crippen LogP contribution in [0.5, 0.6) is 0 Å². The molecular formula is C17H20O5. The van der Waals surface area contributed by atoms with E-state index in [1.165, 1.54) is 0 Å². The molecular weight excluding hydrogens is 284 g/mol. The van der Waals surface area contributed by atoms with Gasteiger partial charge in [0.05, 0.1) is 31.0 Å². The first kappa shape index (κ1) is 16.2. The van der Waals surface area contributed by atoms with Crippen LogP contribution in [0.4, 0.5) is 0 Å². The molecule has 0 N–H and O–H groups in total. The minimum atomic E-state index is -0.729. The van der Waals surface area contributed by atoms with Crippen LogP contribution in [0.15, 0.2) is 24.3 Å².